The second-order valence-electron chi connectivity index (χ2n) is 3.74. The maximum absolute atomic E-state index is 5.53. The van der Waals surface area contributed by atoms with Crippen LogP contribution in [0.25, 0.3) is 0 Å². The lowest BCUT2D eigenvalue weighted by Gasteiger charge is -2.14. The van der Waals surface area contributed by atoms with E-state index in [-0.39, 0.29) is 5.88 Å². The van der Waals surface area contributed by atoms with Gasteiger partial charge in [-0.05, 0) is 11.8 Å². The number of nitrogens with one attached hydrogen (secondary N) is 1. The third-order valence-electron chi connectivity index (χ3n) is 2.29. The molecule has 0 amide bonds. The normalized spacial score (nSPS) is 13.2. The molecule has 1 unspecified atom stereocenters. The quantitative estimate of drug-likeness (QED) is 0.770. The molecule has 0 spiro atoms. The van der Waals surface area contributed by atoms with Crippen molar-refractivity contribution in [1.29, 1.82) is 0 Å². The van der Waals surface area contributed by atoms with Gasteiger partial charge in [0.25, 0.3) is 0 Å². The zero-order valence-electron chi connectivity index (χ0n) is 8.75. The van der Waals surface area contributed by atoms with Gasteiger partial charge in [0.1, 0.15) is 5.88 Å². The Labute approximate surface area is 89.0 Å². The van der Waals surface area contributed by atoms with E-state index in [1.807, 2.05) is 0 Å². The lowest BCUT2D eigenvalue weighted by Crippen LogP contribution is -2.16. The molecule has 0 bridgehead atoms. The van der Waals surface area contributed by atoms with Crippen LogP contribution >= 0.6 is 11.6 Å². The minimum Gasteiger partial charge on any atom is -0.407 e. The van der Waals surface area contributed by atoms with Crippen LogP contribution in [0.5, 0.6) is 0 Å². The predicted octanol–water partition coefficient (Wildman–Crippen LogP) is 2.51. The second kappa shape index (κ2) is 5.20. The highest BCUT2D eigenvalue weighted by Crippen LogP contribution is 2.12. The summed E-state index contributed by atoms with van der Waals surface area (Å²) in [5.74, 6) is 1.92. The van der Waals surface area contributed by atoms with Gasteiger partial charge in [0, 0.05) is 6.54 Å². The number of alkyl halides is 1. The molecular weight excluding hydrogens is 202 g/mol. The van der Waals surface area contributed by atoms with Gasteiger partial charge in [0.2, 0.25) is 5.89 Å². The van der Waals surface area contributed by atoms with E-state index in [2.05, 4.69) is 36.3 Å². The third kappa shape index (κ3) is 3.18. The van der Waals surface area contributed by atoms with E-state index in [1.165, 1.54) is 0 Å². The third-order valence-corrected chi connectivity index (χ3v) is 2.52. The van der Waals surface area contributed by atoms with E-state index in [0.717, 1.165) is 6.54 Å². The molecule has 1 rings (SSSR count). The summed E-state index contributed by atoms with van der Waals surface area (Å²) in [6, 6.07) is 0.452. The van der Waals surface area contributed by atoms with Crippen LogP contribution in [-0.2, 0) is 5.88 Å². The monoisotopic (exact) mass is 217 g/mol. The fourth-order valence-electron chi connectivity index (χ4n) is 0.863. The van der Waals surface area contributed by atoms with E-state index in [0.29, 0.717) is 23.7 Å². The van der Waals surface area contributed by atoms with E-state index < -0.39 is 0 Å². The Morgan fingerprint density at radius 2 is 2.07 bits per heavy atom. The van der Waals surface area contributed by atoms with Crippen LogP contribution in [0.1, 0.15) is 26.7 Å². The van der Waals surface area contributed by atoms with Crippen molar-refractivity contribution in [2.24, 2.45) is 11.8 Å². The van der Waals surface area contributed by atoms with Crippen LogP contribution in [0.4, 0.5) is 6.01 Å². The van der Waals surface area contributed by atoms with Crippen LogP contribution in [0.2, 0.25) is 0 Å². The van der Waals surface area contributed by atoms with Crippen LogP contribution in [0.15, 0.2) is 4.42 Å². The molecule has 0 fully saturated rings. The van der Waals surface area contributed by atoms with Crippen molar-refractivity contribution in [2.45, 2.75) is 26.7 Å². The van der Waals surface area contributed by atoms with Crippen LogP contribution in [0, 0.1) is 11.8 Å². The molecule has 0 aliphatic heterocycles. The molecule has 0 aliphatic rings. The van der Waals surface area contributed by atoms with Crippen LogP contribution in [0.3, 0.4) is 0 Å². The first-order valence-electron chi connectivity index (χ1n) is 4.75. The summed E-state index contributed by atoms with van der Waals surface area (Å²) in [5.41, 5.74) is 0. The predicted molar refractivity (Wildman–Crippen MR) is 56.3 cm³/mol. The molecule has 1 atom stereocenters. The molecule has 4 nitrogen and oxygen atoms in total. The van der Waals surface area contributed by atoms with Crippen molar-refractivity contribution < 1.29 is 4.42 Å². The fraction of sp³-hybridized carbons (Fsp3) is 0.778. The van der Waals surface area contributed by atoms with Crippen molar-refractivity contribution in [1.82, 2.24) is 10.2 Å². The van der Waals surface area contributed by atoms with Gasteiger partial charge in [-0.25, -0.2) is 0 Å². The topological polar surface area (TPSA) is 51.0 Å². The highest BCUT2D eigenvalue weighted by Gasteiger charge is 2.09. The number of halogens is 1. The molecule has 1 heterocycles. The van der Waals surface area contributed by atoms with E-state index in [9.17, 15) is 0 Å². The fourth-order valence-corrected chi connectivity index (χ4v) is 0.971. The number of nitrogens with zero attached hydrogens (tertiary/aromatic N) is 2. The highest BCUT2D eigenvalue weighted by molar-refractivity contribution is 6.16. The number of anilines is 1. The summed E-state index contributed by atoms with van der Waals surface area (Å²) in [4.78, 5) is 0. The molecule has 1 aromatic heterocycles. The van der Waals surface area contributed by atoms with E-state index >= 15 is 0 Å². The first-order valence-corrected chi connectivity index (χ1v) is 5.29. The van der Waals surface area contributed by atoms with Gasteiger partial charge >= 0.3 is 6.01 Å². The van der Waals surface area contributed by atoms with Crippen molar-refractivity contribution in [2.75, 3.05) is 11.9 Å². The Morgan fingerprint density at radius 3 is 2.57 bits per heavy atom. The highest BCUT2D eigenvalue weighted by atomic mass is 35.5. The number of hydrogen-bond donors (Lipinski definition) is 1. The Morgan fingerprint density at radius 1 is 1.36 bits per heavy atom. The molecule has 0 saturated carbocycles. The number of hydrogen-bond acceptors (Lipinski definition) is 4. The molecular formula is C9H16ClN3O. The number of aromatic nitrogens is 2. The Bertz CT molecular complexity index is 275. The van der Waals surface area contributed by atoms with Crippen molar-refractivity contribution in [3.63, 3.8) is 0 Å². The summed E-state index contributed by atoms with van der Waals surface area (Å²) >= 11 is 5.53. The van der Waals surface area contributed by atoms with E-state index in [4.69, 9.17) is 16.0 Å². The zero-order chi connectivity index (χ0) is 10.6. The maximum atomic E-state index is 5.53. The van der Waals surface area contributed by atoms with E-state index in [1.54, 1.807) is 0 Å². The average Bonchev–Trinajstić information content (AvgIpc) is 2.61. The lowest BCUT2D eigenvalue weighted by atomic mass is 9.98. The molecule has 14 heavy (non-hydrogen) atoms. The molecule has 1 aromatic rings. The van der Waals surface area contributed by atoms with Crippen LogP contribution < -0.4 is 5.32 Å². The SMILES string of the molecule is CC(C)C(C)CNc1nnc(CCl)o1. The Balaban J connectivity index is 2.37. The molecule has 0 aromatic carbocycles. The van der Waals surface area contributed by atoms with Gasteiger partial charge in [-0.3, -0.25) is 0 Å². The minimum absolute atomic E-state index is 0.258. The van der Waals surface area contributed by atoms with Gasteiger partial charge in [-0.1, -0.05) is 25.9 Å². The van der Waals surface area contributed by atoms with Gasteiger partial charge in [-0.2, -0.15) is 0 Å². The van der Waals surface area contributed by atoms with Crippen LogP contribution in [-0.4, -0.2) is 16.7 Å². The maximum Gasteiger partial charge on any atom is 0.315 e. The summed E-state index contributed by atoms with van der Waals surface area (Å²) in [6.45, 7) is 7.38. The van der Waals surface area contributed by atoms with Gasteiger partial charge in [0.05, 0.1) is 0 Å². The summed E-state index contributed by atoms with van der Waals surface area (Å²) in [7, 11) is 0. The summed E-state index contributed by atoms with van der Waals surface area (Å²) in [6.07, 6.45) is 0. The molecule has 1 N–H and O–H groups in total. The molecule has 5 heteroatoms. The zero-order valence-corrected chi connectivity index (χ0v) is 9.51. The average molecular weight is 218 g/mol. The van der Waals surface area contributed by atoms with Crippen molar-refractivity contribution >= 4 is 17.6 Å². The second-order valence-corrected chi connectivity index (χ2v) is 4.00. The summed E-state index contributed by atoms with van der Waals surface area (Å²) in [5, 5.41) is 10.6. The molecule has 0 aliphatic carbocycles. The van der Waals surface area contributed by atoms with Gasteiger partial charge in [-0.15, -0.1) is 16.7 Å². The Hall–Kier alpha value is -0.770. The largest absolute Gasteiger partial charge is 0.407 e. The molecule has 80 valence electrons. The standard InChI is InChI=1S/C9H16ClN3O/c1-6(2)7(3)5-11-9-13-12-8(4-10)14-9/h6-7H,4-5H2,1-3H3,(H,11,13). The molecule has 0 radical (unpaired) electrons. The molecule has 0 saturated heterocycles. The Kier molecular flexibility index (Phi) is 4.20. The van der Waals surface area contributed by atoms with Gasteiger partial charge < -0.3 is 9.73 Å². The minimum atomic E-state index is 0.258. The summed E-state index contributed by atoms with van der Waals surface area (Å²) < 4.78 is 5.20. The van der Waals surface area contributed by atoms with Crippen molar-refractivity contribution in [3.05, 3.63) is 5.89 Å². The van der Waals surface area contributed by atoms with Gasteiger partial charge in [0.15, 0.2) is 0 Å². The number of rotatable bonds is 5. The smallest absolute Gasteiger partial charge is 0.315 e. The first-order chi connectivity index (χ1) is 6.63. The van der Waals surface area contributed by atoms with Crippen molar-refractivity contribution in [3.8, 4) is 0 Å². The lowest BCUT2D eigenvalue weighted by molar-refractivity contribution is 0.432. The first kappa shape index (κ1) is 11.3.